The van der Waals surface area contributed by atoms with Gasteiger partial charge in [0.15, 0.2) is 5.82 Å². The van der Waals surface area contributed by atoms with Gasteiger partial charge in [-0.1, -0.05) is 38.7 Å². The molecule has 0 saturated heterocycles. The molecule has 164 valence electrons. The molecule has 3 nitrogen and oxygen atoms in total. The van der Waals surface area contributed by atoms with E-state index in [1.165, 1.54) is 25.3 Å². The quantitative estimate of drug-likeness (QED) is 0.254. The Kier molecular flexibility index (Phi) is 7.60. The molecule has 0 N–H and O–H groups in total. The number of benzene rings is 2. The summed E-state index contributed by atoms with van der Waals surface area (Å²) in [5.41, 5.74) is 0.342. The van der Waals surface area contributed by atoms with Crippen LogP contribution in [0.1, 0.15) is 50.2 Å². The van der Waals surface area contributed by atoms with E-state index in [0.29, 0.717) is 0 Å². The molecule has 1 aromatic heterocycles. The van der Waals surface area contributed by atoms with Crippen LogP contribution < -0.4 is 4.74 Å². The lowest BCUT2D eigenvalue weighted by atomic mass is 10.1. The summed E-state index contributed by atoms with van der Waals surface area (Å²) in [6.07, 6.45) is 6.12. The van der Waals surface area contributed by atoms with Crippen molar-refractivity contribution in [3.05, 3.63) is 77.6 Å². The van der Waals surface area contributed by atoms with Crippen LogP contribution in [0.3, 0.4) is 0 Å². The molecular formula is C24H24F4N2O. The van der Waals surface area contributed by atoms with Crippen molar-refractivity contribution in [1.82, 2.24) is 9.97 Å². The Labute approximate surface area is 179 Å². The molecule has 0 aliphatic heterocycles. The van der Waals surface area contributed by atoms with Crippen LogP contribution in [0.25, 0.3) is 11.4 Å². The number of aromatic nitrogens is 2. The van der Waals surface area contributed by atoms with Gasteiger partial charge in [0, 0.05) is 18.0 Å². The first-order chi connectivity index (χ1) is 14.9. The van der Waals surface area contributed by atoms with E-state index in [2.05, 4.69) is 21.6 Å². The van der Waals surface area contributed by atoms with E-state index in [1.54, 1.807) is 12.4 Å². The van der Waals surface area contributed by atoms with E-state index in [4.69, 9.17) is 0 Å². The summed E-state index contributed by atoms with van der Waals surface area (Å²) in [7, 11) is 0. The third-order valence-corrected chi connectivity index (χ3v) is 4.87. The SMILES string of the molecule is CCCCCCCc1cnc(-c2ccc(C(F)(F)Oc3ccc(F)cc3)c(F)c2)nc1. The Hall–Kier alpha value is -2.96. The van der Waals surface area contributed by atoms with Crippen LogP contribution in [0, 0.1) is 11.6 Å². The minimum absolute atomic E-state index is 0.253. The molecule has 0 spiro atoms. The van der Waals surface area contributed by atoms with E-state index in [0.717, 1.165) is 61.2 Å². The Balaban J connectivity index is 1.67. The second-order valence-corrected chi connectivity index (χ2v) is 7.35. The fraction of sp³-hybridized carbons (Fsp3) is 0.333. The second kappa shape index (κ2) is 10.4. The Morgan fingerprint density at radius 1 is 0.871 bits per heavy atom. The van der Waals surface area contributed by atoms with Gasteiger partial charge in [0.25, 0.3) is 0 Å². The molecule has 0 atom stereocenters. The third-order valence-electron chi connectivity index (χ3n) is 4.87. The van der Waals surface area contributed by atoms with Gasteiger partial charge in [-0.2, -0.15) is 8.78 Å². The first-order valence-electron chi connectivity index (χ1n) is 10.3. The van der Waals surface area contributed by atoms with Crippen molar-refractivity contribution in [2.45, 2.75) is 51.6 Å². The first kappa shape index (κ1) is 22.7. The number of hydrogen-bond acceptors (Lipinski definition) is 3. The van der Waals surface area contributed by atoms with Crippen molar-refractivity contribution in [1.29, 1.82) is 0 Å². The van der Waals surface area contributed by atoms with Gasteiger partial charge >= 0.3 is 6.11 Å². The number of rotatable bonds is 10. The zero-order chi connectivity index (χ0) is 22.3. The molecule has 0 aliphatic rings. The van der Waals surface area contributed by atoms with Crippen LogP contribution in [-0.4, -0.2) is 9.97 Å². The predicted octanol–water partition coefficient (Wildman–Crippen LogP) is 7.06. The second-order valence-electron chi connectivity index (χ2n) is 7.35. The summed E-state index contributed by atoms with van der Waals surface area (Å²) >= 11 is 0. The summed E-state index contributed by atoms with van der Waals surface area (Å²) in [6, 6.07) is 7.29. The molecule has 7 heteroatoms. The van der Waals surface area contributed by atoms with Gasteiger partial charge in [0.1, 0.15) is 17.4 Å². The van der Waals surface area contributed by atoms with Crippen LogP contribution in [0.5, 0.6) is 5.75 Å². The Bertz CT molecular complexity index is 976. The van der Waals surface area contributed by atoms with Crippen LogP contribution in [0.4, 0.5) is 17.6 Å². The number of unbranched alkanes of at least 4 members (excludes halogenated alkanes) is 4. The normalized spacial score (nSPS) is 11.5. The fourth-order valence-electron chi connectivity index (χ4n) is 3.16. The van der Waals surface area contributed by atoms with Crippen molar-refractivity contribution >= 4 is 0 Å². The minimum Gasteiger partial charge on any atom is -0.429 e. The number of nitrogens with zero attached hydrogens (tertiary/aromatic N) is 2. The van der Waals surface area contributed by atoms with Gasteiger partial charge < -0.3 is 4.74 Å². The van der Waals surface area contributed by atoms with Gasteiger partial charge in [-0.25, -0.2) is 18.7 Å². The fourth-order valence-corrected chi connectivity index (χ4v) is 3.16. The van der Waals surface area contributed by atoms with E-state index >= 15 is 0 Å². The highest BCUT2D eigenvalue weighted by Gasteiger charge is 2.37. The van der Waals surface area contributed by atoms with Crippen molar-refractivity contribution in [3.63, 3.8) is 0 Å². The van der Waals surface area contributed by atoms with E-state index in [9.17, 15) is 17.6 Å². The van der Waals surface area contributed by atoms with E-state index < -0.39 is 23.3 Å². The van der Waals surface area contributed by atoms with Crippen molar-refractivity contribution in [2.24, 2.45) is 0 Å². The molecule has 0 radical (unpaired) electrons. The smallest absolute Gasteiger partial charge is 0.429 e. The van der Waals surface area contributed by atoms with Crippen molar-refractivity contribution < 1.29 is 22.3 Å². The number of alkyl halides is 2. The largest absolute Gasteiger partial charge is 0.429 e. The average Bonchev–Trinajstić information content (AvgIpc) is 2.75. The highest BCUT2D eigenvalue weighted by atomic mass is 19.3. The molecular weight excluding hydrogens is 408 g/mol. The summed E-state index contributed by atoms with van der Waals surface area (Å²) in [4.78, 5) is 8.48. The van der Waals surface area contributed by atoms with Gasteiger partial charge in [0.05, 0.1) is 5.56 Å². The zero-order valence-electron chi connectivity index (χ0n) is 17.3. The monoisotopic (exact) mass is 432 g/mol. The number of ether oxygens (including phenoxy) is 1. The molecule has 0 fully saturated rings. The van der Waals surface area contributed by atoms with Gasteiger partial charge in [-0.15, -0.1) is 0 Å². The molecule has 3 rings (SSSR count). The summed E-state index contributed by atoms with van der Waals surface area (Å²) in [6.45, 7) is 2.17. The molecule has 1 heterocycles. The number of hydrogen-bond donors (Lipinski definition) is 0. The molecule has 2 aromatic carbocycles. The summed E-state index contributed by atoms with van der Waals surface area (Å²) < 4.78 is 60.8. The van der Waals surface area contributed by atoms with Gasteiger partial charge in [0.2, 0.25) is 0 Å². The first-order valence-corrected chi connectivity index (χ1v) is 10.3. The molecule has 31 heavy (non-hydrogen) atoms. The van der Waals surface area contributed by atoms with Crippen LogP contribution >= 0.6 is 0 Å². The van der Waals surface area contributed by atoms with E-state index in [-0.39, 0.29) is 17.1 Å². The topological polar surface area (TPSA) is 35.0 Å². The standard InChI is InChI=1S/C24H24F4N2O/c1-2-3-4-5-6-7-17-15-29-23(30-16-17)18-8-13-21(22(26)14-18)24(27,28)31-20-11-9-19(25)10-12-20/h8-16H,2-7H2,1H3. The molecule has 3 aromatic rings. The molecule has 0 aliphatic carbocycles. The molecule has 0 unspecified atom stereocenters. The van der Waals surface area contributed by atoms with E-state index in [1.807, 2.05) is 0 Å². The van der Waals surface area contributed by atoms with Gasteiger partial charge in [-0.05, 0) is 54.8 Å². The maximum Gasteiger partial charge on any atom is 0.429 e. The maximum absolute atomic E-state index is 14.5. The summed E-state index contributed by atoms with van der Waals surface area (Å²) in [5.74, 6) is -1.76. The van der Waals surface area contributed by atoms with Gasteiger partial charge in [-0.3, -0.25) is 0 Å². The van der Waals surface area contributed by atoms with Crippen LogP contribution in [0.15, 0.2) is 54.9 Å². The zero-order valence-corrected chi connectivity index (χ0v) is 17.3. The van der Waals surface area contributed by atoms with Crippen molar-refractivity contribution in [2.75, 3.05) is 0 Å². The maximum atomic E-state index is 14.5. The highest BCUT2D eigenvalue weighted by molar-refractivity contribution is 5.55. The Morgan fingerprint density at radius 3 is 2.19 bits per heavy atom. The van der Waals surface area contributed by atoms with Crippen LogP contribution in [0.2, 0.25) is 0 Å². The Morgan fingerprint density at radius 2 is 1.55 bits per heavy atom. The number of halogens is 4. The average molecular weight is 432 g/mol. The lowest BCUT2D eigenvalue weighted by Crippen LogP contribution is -2.23. The minimum atomic E-state index is -3.93. The molecule has 0 saturated carbocycles. The van der Waals surface area contributed by atoms with Crippen LogP contribution in [-0.2, 0) is 12.5 Å². The number of aryl methyl sites for hydroxylation is 1. The van der Waals surface area contributed by atoms with Crippen molar-refractivity contribution in [3.8, 4) is 17.1 Å². The molecule has 0 bridgehead atoms. The lowest BCUT2D eigenvalue weighted by molar-refractivity contribution is -0.187. The highest BCUT2D eigenvalue weighted by Crippen LogP contribution is 2.34. The molecule has 0 amide bonds. The lowest BCUT2D eigenvalue weighted by Gasteiger charge is -2.19. The summed E-state index contributed by atoms with van der Waals surface area (Å²) in [5, 5.41) is 0. The third kappa shape index (κ3) is 6.26. The predicted molar refractivity (Wildman–Crippen MR) is 111 cm³/mol.